The van der Waals surface area contributed by atoms with Crippen LogP contribution in [0.25, 0.3) is 0 Å². The van der Waals surface area contributed by atoms with Crippen LogP contribution in [0.1, 0.15) is 65.2 Å². The zero-order chi connectivity index (χ0) is 12.8. The summed E-state index contributed by atoms with van der Waals surface area (Å²) in [4.78, 5) is 10.8. The molecule has 0 aliphatic rings. The maximum absolute atomic E-state index is 10.8. The maximum atomic E-state index is 10.8. The van der Waals surface area contributed by atoms with Crippen LogP contribution in [0.15, 0.2) is 12.2 Å². The van der Waals surface area contributed by atoms with Crippen LogP contribution in [0.4, 0.5) is 0 Å². The van der Waals surface area contributed by atoms with Gasteiger partial charge in [0.05, 0.1) is 6.42 Å². The summed E-state index contributed by atoms with van der Waals surface area (Å²) in [5.41, 5.74) is 0. The number of carbonyl (C=O) groups is 1. The predicted octanol–water partition coefficient (Wildman–Crippen LogP) is 4.45. The molecule has 0 aromatic rings. The maximum Gasteiger partial charge on any atom is 0.309 e. The van der Waals surface area contributed by atoms with Crippen molar-refractivity contribution in [2.75, 3.05) is 6.61 Å². The van der Waals surface area contributed by atoms with E-state index in [0.717, 1.165) is 6.42 Å². The van der Waals surface area contributed by atoms with Crippen molar-refractivity contribution in [3.05, 3.63) is 18.6 Å². The molecule has 0 spiro atoms. The van der Waals surface area contributed by atoms with E-state index in [9.17, 15) is 4.79 Å². The van der Waals surface area contributed by atoms with Crippen molar-refractivity contribution in [3.8, 4) is 0 Å². The van der Waals surface area contributed by atoms with Gasteiger partial charge in [-0.3, -0.25) is 4.79 Å². The second-order valence-corrected chi connectivity index (χ2v) is 4.30. The number of rotatable bonds is 11. The molecule has 2 nitrogen and oxygen atoms in total. The van der Waals surface area contributed by atoms with E-state index in [1.165, 1.54) is 51.4 Å². The minimum atomic E-state index is -0.245. The summed E-state index contributed by atoms with van der Waals surface area (Å²) in [6, 6.07) is 0. The Morgan fingerprint density at radius 2 is 1.65 bits per heavy atom. The first-order valence-corrected chi connectivity index (χ1v) is 6.92. The summed E-state index contributed by atoms with van der Waals surface area (Å²) in [5, 5.41) is 0. The lowest BCUT2D eigenvalue weighted by Gasteiger charge is -1.99. The third-order valence-corrected chi connectivity index (χ3v) is 2.70. The van der Waals surface area contributed by atoms with Crippen molar-refractivity contribution in [1.29, 1.82) is 0 Å². The zero-order valence-corrected chi connectivity index (χ0v) is 11.4. The molecule has 0 saturated carbocycles. The molecule has 0 bridgehead atoms. The first kappa shape index (κ1) is 16.2. The van der Waals surface area contributed by atoms with E-state index in [1.54, 1.807) is 6.92 Å². The van der Waals surface area contributed by atoms with E-state index in [-0.39, 0.29) is 5.97 Å². The van der Waals surface area contributed by atoms with Gasteiger partial charge in [0.15, 0.2) is 0 Å². The molecule has 0 N–H and O–H groups in total. The topological polar surface area (TPSA) is 26.3 Å². The summed E-state index contributed by atoms with van der Waals surface area (Å²) < 4.78 is 4.88. The number of hydrogen-bond acceptors (Lipinski definition) is 2. The number of unbranched alkanes of at least 4 members (excludes halogenated alkanes) is 7. The van der Waals surface area contributed by atoms with Gasteiger partial charge in [-0.2, -0.15) is 0 Å². The van der Waals surface area contributed by atoms with Crippen molar-refractivity contribution in [3.63, 3.8) is 0 Å². The largest absolute Gasteiger partial charge is 0.461 e. The Labute approximate surface area is 106 Å². The Balaban J connectivity index is 3.11. The molecule has 0 aliphatic heterocycles. The van der Waals surface area contributed by atoms with E-state index in [1.807, 2.05) is 6.08 Å². The number of hydrogen-bond donors (Lipinski definition) is 0. The fourth-order valence-electron chi connectivity index (χ4n) is 1.62. The minimum Gasteiger partial charge on any atom is -0.461 e. The minimum absolute atomic E-state index is 0.245. The first-order valence-electron chi connectivity index (χ1n) is 6.92. The van der Waals surface area contributed by atoms with Crippen LogP contribution in [0.5, 0.6) is 0 Å². The van der Waals surface area contributed by atoms with Crippen LogP contribution in [0.3, 0.4) is 0 Å². The molecule has 0 aromatic heterocycles. The molecule has 0 saturated heterocycles. The van der Waals surface area contributed by atoms with E-state index in [4.69, 9.17) is 4.74 Å². The van der Waals surface area contributed by atoms with Gasteiger partial charge in [0, 0.05) is 0 Å². The van der Waals surface area contributed by atoms with Crippen LogP contribution in [0.2, 0.25) is 0 Å². The van der Waals surface area contributed by atoms with Crippen molar-refractivity contribution < 1.29 is 9.53 Å². The molecule has 0 aromatic carbocycles. The number of allylic oxidation sites excluding steroid dienone is 1. The van der Waals surface area contributed by atoms with Crippen LogP contribution >= 0.6 is 0 Å². The van der Waals surface area contributed by atoms with Gasteiger partial charge < -0.3 is 4.74 Å². The average Bonchev–Trinajstić information content (AvgIpc) is 2.35. The SMILES string of the molecule is C[CH]C(=O)OC/C=C/CCCCCCCCC. The highest BCUT2D eigenvalue weighted by atomic mass is 16.5. The Morgan fingerprint density at radius 1 is 1.00 bits per heavy atom. The molecule has 0 atom stereocenters. The van der Waals surface area contributed by atoms with Crippen molar-refractivity contribution in [1.82, 2.24) is 0 Å². The van der Waals surface area contributed by atoms with E-state index in [2.05, 4.69) is 13.0 Å². The highest BCUT2D eigenvalue weighted by molar-refractivity contribution is 5.78. The first-order chi connectivity index (χ1) is 8.31. The van der Waals surface area contributed by atoms with E-state index >= 15 is 0 Å². The van der Waals surface area contributed by atoms with Crippen molar-refractivity contribution in [2.24, 2.45) is 0 Å². The Bertz CT molecular complexity index is 197. The van der Waals surface area contributed by atoms with Gasteiger partial charge in [0.1, 0.15) is 6.61 Å². The zero-order valence-electron chi connectivity index (χ0n) is 11.4. The summed E-state index contributed by atoms with van der Waals surface area (Å²) >= 11 is 0. The quantitative estimate of drug-likeness (QED) is 0.302. The van der Waals surface area contributed by atoms with Gasteiger partial charge >= 0.3 is 5.97 Å². The highest BCUT2D eigenvalue weighted by Crippen LogP contribution is 2.08. The van der Waals surface area contributed by atoms with Crippen LogP contribution in [0, 0.1) is 6.42 Å². The Morgan fingerprint density at radius 3 is 2.29 bits per heavy atom. The van der Waals surface area contributed by atoms with Crippen molar-refractivity contribution >= 4 is 5.97 Å². The monoisotopic (exact) mass is 239 g/mol. The Kier molecular flexibility index (Phi) is 12.7. The number of ether oxygens (including phenoxy) is 1. The fraction of sp³-hybridized carbons (Fsp3) is 0.733. The summed E-state index contributed by atoms with van der Waals surface area (Å²) in [7, 11) is 0. The normalized spacial score (nSPS) is 10.9. The molecule has 0 rings (SSSR count). The van der Waals surface area contributed by atoms with Gasteiger partial charge in [-0.25, -0.2) is 0 Å². The van der Waals surface area contributed by atoms with Crippen LogP contribution in [-0.2, 0) is 9.53 Å². The fourth-order valence-corrected chi connectivity index (χ4v) is 1.62. The average molecular weight is 239 g/mol. The third-order valence-electron chi connectivity index (χ3n) is 2.70. The van der Waals surface area contributed by atoms with E-state index < -0.39 is 0 Å². The third kappa shape index (κ3) is 13.1. The lowest BCUT2D eigenvalue weighted by Crippen LogP contribution is -2.02. The second kappa shape index (κ2) is 13.3. The van der Waals surface area contributed by atoms with Gasteiger partial charge in [0.2, 0.25) is 0 Å². The molecule has 1 radical (unpaired) electrons. The van der Waals surface area contributed by atoms with Crippen molar-refractivity contribution in [2.45, 2.75) is 65.2 Å². The molecule has 0 fully saturated rings. The number of esters is 1. The second-order valence-electron chi connectivity index (χ2n) is 4.30. The molecule has 0 heterocycles. The number of carbonyl (C=O) groups excluding carboxylic acids is 1. The highest BCUT2D eigenvalue weighted by Gasteiger charge is 1.94. The van der Waals surface area contributed by atoms with Gasteiger partial charge in [-0.15, -0.1) is 0 Å². The van der Waals surface area contributed by atoms with E-state index in [0.29, 0.717) is 6.61 Å². The molecule has 17 heavy (non-hydrogen) atoms. The molecule has 0 aliphatic carbocycles. The molecule has 2 heteroatoms. The summed E-state index contributed by atoms with van der Waals surface area (Å²) in [6.07, 6.45) is 15.9. The smallest absolute Gasteiger partial charge is 0.309 e. The molecule has 0 unspecified atom stereocenters. The molecular formula is C15H27O2. The van der Waals surface area contributed by atoms with Crippen LogP contribution < -0.4 is 0 Å². The summed E-state index contributed by atoms with van der Waals surface area (Å²) in [6.45, 7) is 4.33. The predicted molar refractivity (Wildman–Crippen MR) is 72.7 cm³/mol. The Hall–Kier alpha value is -0.790. The standard InChI is InChI=1S/C15H27O2/c1-3-5-6-7-8-9-10-11-12-13-14-17-15(16)4-2/h4,12-13H,3,5-11,14H2,1-2H3/b13-12+. The molecule has 0 amide bonds. The summed E-state index contributed by atoms with van der Waals surface area (Å²) in [5.74, 6) is -0.245. The lowest BCUT2D eigenvalue weighted by atomic mass is 10.1. The van der Waals surface area contributed by atoms with Gasteiger partial charge in [0.25, 0.3) is 0 Å². The molecule has 99 valence electrons. The van der Waals surface area contributed by atoms with Gasteiger partial charge in [-0.05, 0) is 12.8 Å². The molecular weight excluding hydrogens is 212 g/mol. The lowest BCUT2D eigenvalue weighted by molar-refractivity contribution is -0.138. The van der Waals surface area contributed by atoms with Crippen LogP contribution in [-0.4, -0.2) is 12.6 Å². The van der Waals surface area contributed by atoms with Gasteiger partial charge in [-0.1, -0.05) is 64.5 Å².